The molecule has 2 rings (SSSR count). The predicted octanol–water partition coefficient (Wildman–Crippen LogP) is 2.27. The lowest BCUT2D eigenvalue weighted by Crippen LogP contribution is -1.90. The van der Waals surface area contributed by atoms with Crippen molar-refractivity contribution in [3.05, 3.63) is 32.9 Å². The molecule has 1 aliphatic rings. The van der Waals surface area contributed by atoms with Crippen LogP contribution in [0.25, 0.3) is 0 Å². The molecule has 0 amide bonds. The quantitative estimate of drug-likeness (QED) is 0.709. The second-order valence-corrected chi connectivity index (χ2v) is 4.14. The summed E-state index contributed by atoms with van der Waals surface area (Å²) in [5.74, 6) is 0. The van der Waals surface area contributed by atoms with Gasteiger partial charge in [0.05, 0.1) is 6.10 Å². The summed E-state index contributed by atoms with van der Waals surface area (Å²) in [6, 6.07) is 6.29. The van der Waals surface area contributed by atoms with Gasteiger partial charge >= 0.3 is 0 Å². The summed E-state index contributed by atoms with van der Waals surface area (Å²) in [6.45, 7) is 0. The van der Waals surface area contributed by atoms with Crippen molar-refractivity contribution in [2.24, 2.45) is 0 Å². The Morgan fingerprint density at radius 2 is 2.27 bits per heavy atom. The number of aliphatic hydroxyl groups excluding tert-OH is 1. The molecule has 1 aliphatic carbocycles. The summed E-state index contributed by atoms with van der Waals surface area (Å²) in [5.41, 5.74) is 2.45. The Labute approximate surface area is 79.6 Å². The van der Waals surface area contributed by atoms with Gasteiger partial charge < -0.3 is 5.11 Å². The molecule has 0 heterocycles. The molecule has 1 atom stereocenters. The fraction of sp³-hybridized carbons (Fsp3) is 0.333. The molecular weight excluding hydrogens is 251 g/mol. The van der Waals surface area contributed by atoms with Crippen molar-refractivity contribution < 1.29 is 5.11 Å². The van der Waals surface area contributed by atoms with Crippen LogP contribution in [0.2, 0.25) is 0 Å². The number of aliphatic hydroxyl groups is 1. The van der Waals surface area contributed by atoms with E-state index in [1.54, 1.807) is 0 Å². The molecule has 0 saturated heterocycles. The van der Waals surface area contributed by atoms with Crippen LogP contribution in [-0.2, 0) is 6.42 Å². The van der Waals surface area contributed by atoms with E-state index in [0.29, 0.717) is 0 Å². The molecule has 0 fully saturated rings. The zero-order valence-electron chi connectivity index (χ0n) is 6.05. The summed E-state index contributed by atoms with van der Waals surface area (Å²) in [4.78, 5) is 0. The highest BCUT2D eigenvalue weighted by Gasteiger charge is 2.19. The van der Waals surface area contributed by atoms with Crippen LogP contribution in [0.3, 0.4) is 0 Å². The Morgan fingerprint density at radius 3 is 3.09 bits per heavy atom. The first-order chi connectivity index (χ1) is 5.27. The van der Waals surface area contributed by atoms with Crippen LogP contribution in [0.5, 0.6) is 0 Å². The molecule has 2 heteroatoms. The molecule has 0 aromatic heterocycles. The molecule has 0 radical (unpaired) electrons. The van der Waals surface area contributed by atoms with Crippen molar-refractivity contribution in [1.29, 1.82) is 0 Å². The third kappa shape index (κ3) is 1.29. The molecular formula is C9H9IO. The minimum Gasteiger partial charge on any atom is -0.388 e. The van der Waals surface area contributed by atoms with Crippen molar-refractivity contribution in [2.75, 3.05) is 0 Å². The second-order valence-electron chi connectivity index (χ2n) is 2.90. The van der Waals surface area contributed by atoms with Crippen molar-refractivity contribution in [3.8, 4) is 0 Å². The van der Waals surface area contributed by atoms with E-state index in [-0.39, 0.29) is 6.10 Å². The summed E-state index contributed by atoms with van der Waals surface area (Å²) in [6.07, 6.45) is 1.72. The van der Waals surface area contributed by atoms with E-state index in [2.05, 4.69) is 40.8 Å². The van der Waals surface area contributed by atoms with Crippen LogP contribution < -0.4 is 0 Å². The number of aryl methyl sites for hydroxylation is 1. The van der Waals surface area contributed by atoms with E-state index in [4.69, 9.17) is 0 Å². The standard InChI is InChI=1S/C9H9IO/c10-7-3-1-6-2-4-9(11)8(6)5-7/h1,3,5,9,11H,2,4H2/t9-/m1/s1. The molecule has 0 spiro atoms. The SMILES string of the molecule is O[C@@H]1CCc2ccc(I)cc21. The van der Waals surface area contributed by atoms with E-state index in [1.165, 1.54) is 9.13 Å². The second kappa shape index (κ2) is 2.75. The van der Waals surface area contributed by atoms with Gasteiger partial charge in [0.15, 0.2) is 0 Å². The number of hydrogen-bond acceptors (Lipinski definition) is 1. The largest absolute Gasteiger partial charge is 0.388 e. The normalized spacial score (nSPS) is 21.8. The number of halogens is 1. The first-order valence-corrected chi connectivity index (χ1v) is 4.81. The van der Waals surface area contributed by atoms with Crippen LogP contribution in [0, 0.1) is 3.57 Å². The average Bonchev–Trinajstić information content (AvgIpc) is 2.33. The fourth-order valence-electron chi connectivity index (χ4n) is 1.55. The molecule has 0 bridgehead atoms. The van der Waals surface area contributed by atoms with Gasteiger partial charge in [-0.15, -0.1) is 0 Å². The van der Waals surface area contributed by atoms with Crippen LogP contribution in [-0.4, -0.2) is 5.11 Å². The number of rotatable bonds is 0. The van der Waals surface area contributed by atoms with Crippen LogP contribution in [0.4, 0.5) is 0 Å². The molecule has 1 aromatic rings. The van der Waals surface area contributed by atoms with Crippen molar-refractivity contribution >= 4 is 22.6 Å². The van der Waals surface area contributed by atoms with Gasteiger partial charge in [-0.05, 0) is 58.7 Å². The Morgan fingerprint density at radius 1 is 1.45 bits per heavy atom. The molecule has 0 unspecified atom stereocenters. The highest BCUT2D eigenvalue weighted by Crippen LogP contribution is 2.31. The Balaban J connectivity index is 2.52. The molecule has 11 heavy (non-hydrogen) atoms. The summed E-state index contributed by atoms with van der Waals surface area (Å²) >= 11 is 2.27. The van der Waals surface area contributed by atoms with E-state index < -0.39 is 0 Å². The number of fused-ring (bicyclic) bond motifs is 1. The first-order valence-electron chi connectivity index (χ1n) is 3.74. The average molecular weight is 260 g/mol. The van der Waals surface area contributed by atoms with Crippen molar-refractivity contribution in [3.63, 3.8) is 0 Å². The van der Waals surface area contributed by atoms with Crippen LogP contribution in [0.1, 0.15) is 23.7 Å². The number of hydrogen-bond donors (Lipinski definition) is 1. The monoisotopic (exact) mass is 260 g/mol. The van der Waals surface area contributed by atoms with E-state index in [9.17, 15) is 5.11 Å². The molecule has 0 aliphatic heterocycles. The lowest BCUT2D eigenvalue weighted by atomic mass is 10.1. The molecule has 0 saturated carbocycles. The van der Waals surface area contributed by atoms with Gasteiger partial charge in [-0.3, -0.25) is 0 Å². The maximum atomic E-state index is 9.50. The smallest absolute Gasteiger partial charge is 0.0796 e. The van der Waals surface area contributed by atoms with Gasteiger partial charge in [0.2, 0.25) is 0 Å². The summed E-state index contributed by atoms with van der Waals surface area (Å²) < 4.78 is 1.21. The summed E-state index contributed by atoms with van der Waals surface area (Å²) in [7, 11) is 0. The lowest BCUT2D eigenvalue weighted by Gasteiger charge is -2.02. The van der Waals surface area contributed by atoms with Gasteiger partial charge in [0, 0.05) is 3.57 Å². The maximum absolute atomic E-state index is 9.50. The molecule has 1 aromatic carbocycles. The first kappa shape index (κ1) is 7.55. The van der Waals surface area contributed by atoms with Crippen LogP contribution in [0.15, 0.2) is 18.2 Å². The Hall–Kier alpha value is -0.0900. The zero-order chi connectivity index (χ0) is 7.84. The van der Waals surface area contributed by atoms with Gasteiger partial charge in [0.25, 0.3) is 0 Å². The molecule has 1 nitrogen and oxygen atoms in total. The highest BCUT2D eigenvalue weighted by atomic mass is 127. The Bertz CT molecular complexity index is 283. The zero-order valence-corrected chi connectivity index (χ0v) is 8.21. The van der Waals surface area contributed by atoms with Gasteiger partial charge in [-0.25, -0.2) is 0 Å². The fourth-order valence-corrected chi connectivity index (χ4v) is 2.07. The van der Waals surface area contributed by atoms with Crippen molar-refractivity contribution in [1.82, 2.24) is 0 Å². The van der Waals surface area contributed by atoms with Gasteiger partial charge in [0.1, 0.15) is 0 Å². The third-order valence-corrected chi connectivity index (χ3v) is 2.83. The molecule has 1 N–H and O–H groups in total. The topological polar surface area (TPSA) is 20.2 Å². The molecule has 58 valence electrons. The minimum atomic E-state index is -0.209. The van der Waals surface area contributed by atoms with Crippen LogP contribution >= 0.6 is 22.6 Å². The van der Waals surface area contributed by atoms with Crippen molar-refractivity contribution in [2.45, 2.75) is 18.9 Å². The van der Waals surface area contributed by atoms with Gasteiger partial charge in [-0.1, -0.05) is 6.07 Å². The Kier molecular flexibility index (Phi) is 1.89. The van der Waals surface area contributed by atoms with E-state index in [0.717, 1.165) is 18.4 Å². The van der Waals surface area contributed by atoms with Gasteiger partial charge in [-0.2, -0.15) is 0 Å². The maximum Gasteiger partial charge on any atom is 0.0796 e. The minimum absolute atomic E-state index is 0.209. The van der Waals surface area contributed by atoms with E-state index in [1.807, 2.05) is 0 Å². The number of benzene rings is 1. The van der Waals surface area contributed by atoms with E-state index >= 15 is 0 Å². The predicted molar refractivity (Wildman–Crippen MR) is 52.4 cm³/mol. The highest BCUT2D eigenvalue weighted by molar-refractivity contribution is 14.1. The summed E-state index contributed by atoms with van der Waals surface area (Å²) in [5, 5.41) is 9.50. The third-order valence-electron chi connectivity index (χ3n) is 2.15. The lowest BCUT2D eigenvalue weighted by molar-refractivity contribution is 0.180.